The van der Waals surface area contributed by atoms with Crippen molar-refractivity contribution in [1.29, 1.82) is 0 Å². The molecule has 1 aliphatic carbocycles. The number of para-hydroxylation sites is 1. The van der Waals surface area contributed by atoms with E-state index in [1.54, 1.807) is 6.07 Å². The number of nitrogens with one attached hydrogen (secondary N) is 2. The number of aromatic nitrogens is 1. The summed E-state index contributed by atoms with van der Waals surface area (Å²) in [5.41, 5.74) is 4.49. The summed E-state index contributed by atoms with van der Waals surface area (Å²) in [5, 5.41) is 3.91. The molecular formula is C15H18N4O. The summed E-state index contributed by atoms with van der Waals surface area (Å²) in [7, 11) is 0. The van der Waals surface area contributed by atoms with Crippen molar-refractivity contribution in [2.45, 2.75) is 25.8 Å². The number of pyridine rings is 1. The lowest BCUT2D eigenvalue weighted by Crippen LogP contribution is -2.34. The van der Waals surface area contributed by atoms with Crippen LogP contribution in [-0.2, 0) is 0 Å². The largest absolute Gasteiger partial charge is 0.348 e. The maximum Gasteiger partial charge on any atom is 0.270 e. The van der Waals surface area contributed by atoms with Crippen LogP contribution in [0.4, 0.5) is 5.69 Å². The first-order chi connectivity index (χ1) is 9.69. The van der Waals surface area contributed by atoms with Gasteiger partial charge in [0.2, 0.25) is 0 Å². The second-order valence-electron chi connectivity index (χ2n) is 5.32. The van der Waals surface area contributed by atoms with E-state index in [0.29, 0.717) is 17.3 Å². The number of nitrogen functional groups attached to an aromatic ring is 1. The number of benzene rings is 1. The van der Waals surface area contributed by atoms with Crippen molar-refractivity contribution >= 4 is 22.5 Å². The lowest BCUT2D eigenvalue weighted by Gasteiger charge is -2.13. The molecule has 1 fully saturated rings. The Morgan fingerprint density at radius 2 is 2.15 bits per heavy atom. The molecule has 0 saturated heterocycles. The third kappa shape index (κ3) is 2.44. The Kier molecular flexibility index (Phi) is 3.28. The number of rotatable bonds is 4. The van der Waals surface area contributed by atoms with Gasteiger partial charge >= 0.3 is 0 Å². The van der Waals surface area contributed by atoms with Gasteiger partial charge in [0.1, 0.15) is 5.69 Å². The summed E-state index contributed by atoms with van der Waals surface area (Å²) in [4.78, 5) is 16.7. The molecule has 1 aliphatic rings. The molecule has 1 heterocycles. The highest BCUT2D eigenvalue weighted by atomic mass is 16.1. The normalized spacial score (nSPS) is 15.9. The van der Waals surface area contributed by atoms with E-state index in [2.05, 4.69) is 15.7 Å². The smallest absolute Gasteiger partial charge is 0.270 e. The van der Waals surface area contributed by atoms with Crippen LogP contribution in [0, 0.1) is 5.92 Å². The summed E-state index contributed by atoms with van der Waals surface area (Å²) in [6, 6.07) is 9.50. The summed E-state index contributed by atoms with van der Waals surface area (Å²) in [6.07, 6.45) is 2.39. The van der Waals surface area contributed by atoms with Gasteiger partial charge in [0.25, 0.3) is 5.91 Å². The van der Waals surface area contributed by atoms with Crippen molar-refractivity contribution in [3.63, 3.8) is 0 Å². The van der Waals surface area contributed by atoms with E-state index < -0.39 is 0 Å². The van der Waals surface area contributed by atoms with Crippen molar-refractivity contribution < 1.29 is 4.79 Å². The van der Waals surface area contributed by atoms with Crippen molar-refractivity contribution in [2.75, 3.05) is 5.43 Å². The third-order valence-electron chi connectivity index (χ3n) is 3.79. The molecule has 0 radical (unpaired) electrons. The average molecular weight is 270 g/mol. The maximum absolute atomic E-state index is 12.3. The molecule has 1 atom stereocenters. The number of hydrazine groups is 1. The van der Waals surface area contributed by atoms with Crippen molar-refractivity contribution in [1.82, 2.24) is 10.3 Å². The first kappa shape index (κ1) is 12.9. The fraction of sp³-hybridized carbons (Fsp3) is 0.333. The molecule has 20 heavy (non-hydrogen) atoms. The molecule has 1 aromatic heterocycles. The fourth-order valence-electron chi connectivity index (χ4n) is 2.41. The molecule has 5 heteroatoms. The quantitative estimate of drug-likeness (QED) is 0.587. The first-order valence-corrected chi connectivity index (χ1v) is 6.86. The van der Waals surface area contributed by atoms with Gasteiger partial charge in [-0.3, -0.25) is 10.6 Å². The van der Waals surface area contributed by atoms with Gasteiger partial charge in [-0.15, -0.1) is 0 Å². The highest BCUT2D eigenvalue weighted by molar-refractivity contribution is 5.99. The molecule has 1 aromatic carbocycles. The van der Waals surface area contributed by atoms with Gasteiger partial charge in [0, 0.05) is 11.4 Å². The minimum Gasteiger partial charge on any atom is -0.348 e. The minimum absolute atomic E-state index is 0.147. The van der Waals surface area contributed by atoms with Crippen LogP contribution in [0.2, 0.25) is 0 Å². The van der Waals surface area contributed by atoms with Crippen LogP contribution >= 0.6 is 0 Å². The fourth-order valence-corrected chi connectivity index (χ4v) is 2.41. The second kappa shape index (κ2) is 5.09. The highest BCUT2D eigenvalue weighted by Crippen LogP contribution is 2.32. The van der Waals surface area contributed by atoms with E-state index in [1.165, 1.54) is 12.8 Å². The number of carbonyl (C=O) groups excluding carboxylic acids is 1. The number of hydrogen-bond donors (Lipinski definition) is 3. The molecule has 3 rings (SSSR count). The van der Waals surface area contributed by atoms with Gasteiger partial charge in [0.15, 0.2) is 0 Å². The van der Waals surface area contributed by atoms with E-state index in [-0.39, 0.29) is 11.9 Å². The SMILES string of the molecule is CC(NC(=O)c1cc(NN)c2ccccc2n1)C1CC1. The number of carbonyl (C=O) groups is 1. The molecular weight excluding hydrogens is 252 g/mol. The highest BCUT2D eigenvalue weighted by Gasteiger charge is 2.29. The van der Waals surface area contributed by atoms with Gasteiger partial charge in [-0.25, -0.2) is 4.98 Å². The number of nitrogens with two attached hydrogens (primary N) is 1. The van der Waals surface area contributed by atoms with Gasteiger partial charge in [-0.1, -0.05) is 18.2 Å². The predicted octanol–water partition coefficient (Wildman–Crippen LogP) is 2.05. The predicted molar refractivity (Wildman–Crippen MR) is 79.2 cm³/mol. The van der Waals surface area contributed by atoms with Crippen molar-refractivity contribution in [2.24, 2.45) is 11.8 Å². The number of amides is 1. The minimum atomic E-state index is -0.147. The summed E-state index contributed by atoms with van der Waals surface area (Å²) in [5.74, 6) is 6.01. The molecule has 5 nitrogen and oxygen atoms in total. The first-order valence-electron chi connectivity index (χ1n) is 6.86. The van der Waals surface area contributed by atoms with Crippen LogP contribution in [0.15, 0.2) is 30.3 Å². The topological polar surface area (TPSA) is 80.0 Å². The molecule has 104 valence electrons. The number of fused-ring (bicyclic) bond motifs is 1. The summed E-state index contributed by atoms with van der Waals surface area (Å²) in [6.45, 7) is 2.04. The van der Waals surface area contributed by atoms with Crippen LogP contribution < -0.4 is 16.6 Å². The average Bonchev–Trinajstić information content (AvgIpc) is 3.30. The lowest BCUT2D eigenvalue weighted by molar-refractivity contribution is 0.0931. The zero-order valence-corrected chi connectivity index (χ0v) is 11.4. The third-order valence-corrected chi connectivity index (χ3v) is 3.79. The Labute approximate surface area is 117 Å². The molecule has 0 spiro atoms. The number of anilines is 1. The zero-order valence-electron chi connectivity index (χ0n) is 11.4. The van der Waals surface area contributed by atoms with E-state index in [9.17, 15) is 4.79 Å². The maximum atomic E-state index is 12.3. The molecule has 0 aliphatic heterocycles. The van der Waals surface area contributed by atoms with Crippen LogP contribution in [0.5, 0.6) is 0 Å². The molecule has 0 bridgehead atoms. The Hall–Kier alpha value is -2.14. The molecule has 2 aromatic rings. The summed E-state index contributed by atoms with van der Waals surface area (Å²) >= 11 is 0. The molecule has 1 amide bonds. The van der Waals surface area contributed by atoms with Crippen molar-refractivity contribution in [3.05, 3.63) is 36.0 Å². The van der Waals surface area contributed by atoms with E-state index in [1.807, 2.05) is 31.2 Å². The standard InChI is InChI=1S/C15H18N4O/c1-9(10-6-7-10)17-15(20)14-8-13(19-16)11-4-2-3-5-12(11)18-14/h2-5,8-10H,6-7,16H2,1H3,(H,17,20)(H,18,19). The van der Waals surface area contributed by atoms with Gasteiger partial charge < -0.3 is 10.7 Å². The Morgan fingerprint density at radius 3 is 2.85 bits per heavy atom. The van der Waals surface area contributed by atoms with Crippen molar-refractivity contribution in [3.8, 4) is 0 Å². The molecule has 1 unspecified atom stereocenters. The Morgan fingerprint density at radius 1 is 1.40 bits per heavy atom. The molecule has 4 N–H and O–H groups in total. The molecule has 1 saturated carbocycles. The summed E-state index contributed by atoms with van der Waals surface area (Å²) < 4.78 is 0. The number of hydrogen-bond acceptors (Lipinski definition) is 4. The van der Waals surface area contributed by atoms with Gasteiger partial charge in [-0.05, 0) is 37.8 Å². The van der Waals surface area contributed by atoms with Crippen LogP contribution in [-0.4, -0.2) is 16.9 Å². The van der Waals surface area contributed by atoms with E-state index >= 15 is 0 Å². The second-order valence-corrected chi connectivity index (χ2v) is 5.32. The zero-order chi connectivity index (χ0) is 14.1. The monoisotopic (exact) mass is 270 g/mol. The Bertz CT molecular complexity index is 651. The Balaban J connectivity index is 1.92. The van der Waals surface area contributed by atoms with Gasteiger partial charge in [0.05, 0.1) is 11.2 Å². The van der Waals surface area contributed by atoms with Crippen LogP contribution in [0.25, 0.3) is 10.9 Å². The van der Waals surface area contributed by atoms with Crippen LogP contribution in [0.1, 0.15) is 30.3 Å². The lowest BCUT2D eigenvalue weighted by atomic mass is 10.1. The van der Waals surface area contributed by atoms with Crippen LogP contribution in [0.3, 0.4) is 0 Å². The number of nitrogens with zero attached hydrogens (tertiary/aromatic N) is 1. The van der Waals surface area contributed by atoms with E-state index in [4.69, 9.17) is 5.84 Å². The van der Waals surface area contributed by atoms with Gasteiger partial charge in [-0.2, -0.15) is 0 Å². The van der Waals surface area contributed by atoms with E-state index in [0.717, 1.165) is 10.9 Å².